The first-order valence-electron chi connectivity index (χ1n) is 3.75. The average Bonchev–Trinajstić information content (AvgIpc) is 2.09. The van der Waals surface area contributed by atoms with E-state index in [4.69, 9.17) is 15.7 Å². The Kier molecular flexibility index (Phi) is 2.70. The molecule has 0 radical (unpaired) electrons. The predicted octanol–water partition coefficient (Wildman–Crippen LogP) is 1.70. The number of nitrogens with zero attached hydrogens (tertiary/aromatic N) is 1. The van der Waals surface area contributed by atoms with Crippen LogP contribution >= 0.6 is 0 Å². The second kappa shape index (κ2) is 3.76. The molecule has 0 aliphatic carbocycles. The zero-order valence-corrected chi connectivity index (χ0v) is 7.12. The van der Waals surface area contributed by atoms with E-state index in [0.29, 0.717) is 5.69 Å². The van der Waals surface area contributed by atoms with Crippen LogP contribution in [0.15, 0.2) is 18.2 Å². The second-order valence-electron chi connectivity index (χ2n) is 2.58. The first-order chi connectivity index (χ1) is 6.13. The van der Waals surface area contributed by atoms with Crippen molar-refractivity contribution < 1.29 is 9.13 Å². The number of rotatable bonds is 2. The third-order valence-electron chi connectivity index (χ3n) is 1.44. The Hall–Kier alpha value is -1.76. The van der Waals surface area contributed by atoms with Crippen molar-refractivity contribution in [3.63, 3.8) is 0 Å². The fourth-order valence-corrected chi connectivity index (χ4v) is 0.829. The molecule has 4 heteroatoms. The van der Waals surface area contributed by atoms with Crippen LogP contribution in [-0.2, 0) is 0 Å². The van der Waals surface area contributed by atoms with Gasteiger partial charge in [0.15, 0.2) is 17.7 Å². The van der Waals surface area contributed by atoms with Gasteiger partial charge in [-0.1, -0.05) is 0 Å². The normalized spacial score (nSPS) is 11.8. The maximum atomic E-state index is 13.0. The van der Waals surface area contributed by atoms with Gasteiger partial charge in [-0.2, -0.15) is 5.26 Å². The Morgan fingerprint density at radius 2 is 2.31 bits per heavy atom. The molecule has 0 aliphatic heterocycles. The van der Waals surface area contributed by atoms with Crippen LogP contribution < -0.4 is 10.5 Å². The van der Waals surface area contributed by atoms with Crippen molar-refractivity contribution in [2.24, 2.45) is 0 Å². The molecule has 1 unspecified atom stereocenters. The third-order valence-corrected chi connectivity index (χ3v) is 1.44. The molecule has 0 heterocycles. The fourth-order valence-electron chi connectivity index (χ4n) is 0.829. The molecule has 3 nitrogen and oxygen atoms in total. The maximum Gasteiger partial charge on any atom is 0.181 e. The van der Waals surface area contributed by atoms with E-state index in [0.717, 1.165) is 6.07 Å². The molecule has 1 aromatic carbocycles. The summed E-state index contributed by atoms with van der Waals surface area (Å²) >= 11 is 0. The van der Waals surface area contributed by atoms with Crippen molar-refractivity contribution in [1.82, 2.24) is 0 Å². The highest BCUT2D eigenvalue weighted by Gasteiger charge is 2.06. The van der Waals surface area contributed by atoms with Crippen molar-refractivity contribution >= 4 is 5.69 Å². The van der Waals surface area contributed by atoms with Crippen molar-refractivity contribution in [2.45, 2.75) is 13.0 Å². The number of hydrogen-bond acceptors (Lipinski definition) is 3. The van der Waals surface area contributed by atoms with Gasteiger partial charge in [0.05, 0.1) is 0 Å². The summed E-state index contributed by atoms with van der Waals surface area (Å²) in [5, 5.41) is 8.42. The first-order valence-corrected chi connectivity index (χ1v) is 3.75. The van der Waals surface area contributed by atoms with Crippen LogP contribution in [0.2, 0.25) is 0 Å². The first kappa shape index (κ1) is 9.33. The van der Waals surface area contributed by atoms with Crippen molar-refractivity contribution in [2.75, 3.05) is 5.73 Å². The number of hydrogen-bond donors (Lipinski definition) is 1. The van der Waals surface area contributed by atoms with E-state index in [2.05, 4.69) is 0 Å². The lowest BCUT2D eigenvalue weighted by Gasteiger charge is -2.08. The van der Waals surface area contributed by atoms with Gasteiger partial charge in [-0.25, -0.2) is 4.39 Å². The molecule has 1 rings (SSSR count). The molecule has 0 aliphatic rings. The molecule has 13 heavy (non-hydrogen) atoms. The molecule has 2 N–H and O–H groups in total. The molecule has 0 saturated heterocycles. The van der Waals surface area contributed by atoms with Gasteiger partial charge in [-0.05, 0) is 19.1 Å². The zero-order chi connectivity index (χ0) is 9.84. The summed E-state index contributed by atoms with van der Waals surface area (Å²) < 4.78 is 18.0. The van der Waals surface area contributed by atoms with E-state index < -0.39 is 11.9 Å². The Bertz CT molecular complexity index is 346. The minimum atomic E-state index is -0.668. The minimum absolute atomic E-state index is 0.0447. The number of ether oxygens (including phenoxy) is 1. The van der Waals surface area contributed by atoms with E-state index in [9.17, 15) is 4.39 Å². The Labute approximate surface area is 75.5 Å². The highest BCUT2D eigenvalue weighted by molar-refractivity contribution is 5.42. The quantitative estimate of drug-likeness (QED) is 0.704. The molecule has 1 aromatic rings. The van der Waals surface area contributed by atoms with Gasteiger partial charge < -0.3 is 10.5 Å². The molecule has 0 fully saturated rings. The van der Waals surface area contributed by atoms with Crippen molar-refractivity contribution in [3.05, 3.63) is 24.0 Å². The third kappa shape index (κ3) is 2.34. The molecular formula is C9H9FN2O. The van der Waals surface area contributed by atoms with Crippen LogP contribution in [0.4, 0.5) is 10.1 Å². The van der Waals surface area contributed by atoms with Crippen LogP contribution in [-0.4, -0.2) is 6.10 Å². The van der Waals surface area contributed by atoms with E-state index in [1.165, 1.54) is 19.1 Å². The van der Waals surface area contributed by atoms with Crippen LogP contribution in [0.3, 0.4) is 0 Å². The van der Waals surface area contributed by atoms with Crippen LogP contribution in [0.25, 0.3) is 0 Å². The summed E-state index contributed by atoms with van der Waals surface area (Å²) in [5.41, 5.74) is 5.66. The Morgan fingerprint density at radius 3 is 2.85 bits per heavy atom. The fraction of sp³-hybridized carbons (Fsp3) is 0.222. The number of nitrogens with two attached hydrogens (primary N) is 1. The number of nitrogen functional groups attached to an aromatic ring is 1. The molecule has 0 saturated carbocycles. The van der Waals surface area contributed by atoms with Gasteiger partial charge in [0.2, 0.25) is 0 Å². The summed E-state index contributed by atoms with van der Waals surface area (Å²) in [6.07, 6.45) is -0.668. The minimum Gasteiger partial charge on any atom is -0.473 e. The van der Waals surface area contributed by atoms with E-state index >= 15 is 0 Å². The zero-order valence-electron chi connectivity index (χ0n) is 7.12. The number of halogens is 1. The van der Waals surface area contributed by atoms with Crippen LogP contribution in [0.1, 0.15) is 6.92 Å². The van der Waals surface area contributed by atoms with Crippen LogP contribution in [0, 0.1) is 17.1 Å². The standard InChI is InChI=1S/C9H9FN2O/c1-6(5-11)13-9-3-2-7(12)4-8(9)10/h2-4,6H,12H2,1H3. The number of nitriles is 1. The maximum absolute atomic E-state index is 13.0. The molecule has 0 aromatic heterocycles. The predicted molar refractivity (Wildman–Crippen MR) is 46.5 cm³/mol. The summed E-state index contributed by atoms with van der Waals surface area (Å²) in [6, 6.07) is 5.90. The summed E-state index contributed by atoms with van der Waals surface area (Å²) in [5.74, 6) is -0.509. The second-order valence-corrected chi connectivity index (χ2v) is 2.58. The van der Waals surface area contributed by atoms with Gasteiger partial charge in [-0.15, -0.1) is 0 Å². The van der Waals surface area contributed by atoms with Gasteiger partial charge in [-0.3, -0.25) is 0 Å². The summed E-state index contributed by atoms with van der Waals surface area (Å²) in [7, 11) is 0. The summed E-state index contributed by atoms with van der Waals surface area (Å²) in [6.45, 7) is 1.54. The lowest BCUT2D eigenvalue weighted by Crippen LogP contribution is -2.09. The highest BCUT2D eigenvalue weighted by atomic mass is 19.1. The van der Waals surface area contributed by atoms with E-state index in [1.807, 2.05) is 6.07 Å². The Balaban J connectivity index is 2.85. The lowest BCUT2D eigenvalue weighted by molar-refractivity contribution is 0.263. The van der Waals surface area contributed by atoms with Crippen molar-refractivity contribution in [3.8, 4) is 11.8 Å². The van der Waals surface area contributed by atoms with Crippen molar-refractivity contribution in [1.29, 1.82) is 5.26 Å². The molecular weight excluding hydrogens is 171 g/mol. The summed E-state index contributed by atoms with van der Waals surface area (Å²) in [4.78, 5) is 0. The SMILES string of the molecule is CC(C#N)Oc1ccc(N)cc1F. The number of benzene rings is 1. The average molecular weight is 180 g/mol. The topological polar surface area (TPSA) is 59.0 Å². The lowest BCUT2D eigenvalue weighted by atomic mass is 10.3. The highest BCUT2D eigenvalue weighted by Crippen LogP contribution is 2.20. The largest absolute Gasteiger partial charge is 0.473 e. The Morgan fingerprint density at radius 1 is 1.62 bits per heavy atom. The van der Waals surface area contributed by atoms with Crippen LogP contribution in [0.5, 0.6) is 5.75 Å². The number of anilines is 1. The van der Waals surface area contributed by atoms with Gasteiger partial charge in [0.1, 0.15) is 6.07 Å². The molecule has 0 spiro atoms. The smallest absolute Gasteiger partial charge is 0.181 e. The molecule has 1 atom stereocenters. The molecule has 0 amide bonds. The molecule has 68 valence electrons. The van der Waals surface area contributed by atoms with Gasteiger partial charge in [0.25, 0.3) is 0 Å². The molecule has 0 bridgehead atoms. The van der Waals surface area contributed by atoms with E-state index in [-0.39, 0.29) is 5.75 Å². The van der Waals surface area contributed by atoms with Gasteiger partial charge >= 0.3 is 0 Å². The monoisotopic (exact) mass is 180 g/mol. The van der Waals surface area contributed by atoms with Gasteiger partial charge in [0, 0.05) is 11.8 Å². The van der Waals surface area contributed by atoms with E-state index in [1.54, 1.807) is 0 Å².